The largest absolute Gasteiger partial charge is 0.495 e. The summed E-state index contributed by atoms with van der Waals surface area (Å²) in [6, 6.07) is 8.20. The van der Waals surface area contributed by atoms with Crippen LogP contribution in [0.1, 0.15) is 21.6 Å². The lowest BCUT2D eigenvalue weighted by atomic mass is 10.0. The summed E-state index contributed by atoms with van der Waals surface area (Å²) >= 11 is 5.94. The molecular formula is C16H14ClNO4. The van der Waals surface area contributed by atoms with Crippen molar-refractivity contribution in [2.45, 2.75) is 12.8 Å². The van der Waals surface area contributed by atoms with Gasteiger partial charge in [0, 0.05) is 19.0 Å². The molecule has 0 unspecified atom stereocenters. The van der Waals surface area contributed by atoms with Gasteiger partial charge < -0.3 is 9.84 Å². The van der Waals surface area contributed by atoms with Crippen molar-refractivity contribution < 1.29 is 19.4 Å². The van der Waals surface area contributed by atoms with Crippen LogP contribution in [-0.4, -0.2) is 29.0 Å². The van der Waals surface area contributed by atoms with Gasteiger partial charge >= 0.3 is 5.97 Å². The maximum Gasteiger partial charge on any atom is 0.354 e. The average Bonchev–Trinajstić information content (AvgIpc) is 2.49. The van der Waals surface area contributed by atoms with E-state index in [2.05, 4.69) is 4.98 Å². The summed E-state index contributed by atoms with van der Waals surface area (Å²) in [4.78, 5) is 26.7. The predicted octanol–water partition coefficient (Wildman–Crippen LogP) is 2.80. The number of aromatic nitrogens is 1. The minimum atomic E-state index is -1.11. The highest BCUT2D eigenvalue weighted by Crippen LogP contribution is 2.25. The van der Waals surface area contributed by atoms with Gasteiger partial charge in [0.1, 0.15) is 17.2 Å². The van der Waals surface area contributed by atoms with E-state index in [1.165, 1.54) is 19.4 Å². The lowest BCUT2D eigenvalue weighted by Crippen LogP contribution is -2.08. The van der Waals surface area contributed by atoms with Crippen molar-refractivity contribution in [2.24, 2.45) is 0 Å². The number of aromatic carboxylic acids is 1. The Kier molecular flexibility index (Phi) is 5.12. The first-order chi connectivity index (χ1) is 10.5. The second-order valence-electron chi connectivity index (χ2n) is 4.72. The van der Waals surface area contributed by atoms with Gasteiger partial charge in [-0.05, 0) is 35.4 Å². The second-order valence-corrected chi connectivity index (χ2v) is 5.12. The Bertz CT molecular complexity index is 715. The van der Waals surface area contributed by atoms with E-state index in [1.807, 2.05) is 0 Å². The van der Waals surface area contributed by atoms with Crippen LogP contribution < -0.4 is 4.74 Å². The van der Waals surface area contributed by atoms with Crippen LogP contribution in [0.25, 0.3) is 0 Å². The lowest BCUT2D eigenvalue weighted by molar-refractivity contribution is -0.117. The predicted molar refractivity (Wildman–Crippen MR) is 81.6 cm³/mol. The zero-order valence-corrected chi connectivity index (χ0v) is 12.6. The molecule has 0 aliphatic rings. The molecule has 0 radical (unpaired) electrons. The maximum absolute atomic E-state index is 12.1. The number of nitrogens with zero attached hydrogens (tertiary/aromatic N) is 1. The van der Waals surface area contributed by atoms with Crippen LogP contribution in [-0.2, 0) is 17.6 Å². The fourth-order valence-electron chi connectivity index (χ4n) is 2.03. The van der Waals surface area contributed by atoms with E-state index < -0.39 is 5.97 Å². The first kappa shape index (κ1) is 16.0. The van der Waals surface area contributed by atoms with E-state index in [0.29, 0.717) is 16.3 Å². The van der Waals surface area contributed by atoms with E-state index in [-0.39, 0.29) is 24.3 Å². The van der Waals surface area contributed by atoms with E-state index in [1.54, 1.807) is 24.3 Å². The Hall–Kier alpha value is -2.40. The van der Waals surface area contributed by atoms with Gasteiger partial charge in [-0.25, -0.2) is 9.78 Å². The number of carboxylic acid groups (broad SMARTS) is 1. The number of carboxylic acids is 1. The molecule has 0 bridgehead atoms. The van der Waals surface area contributed by atoms with Crippen molar-refractivity contribution in [3.05, 3.63) is 58.4 Å². The molecule has 5 nitrogen and oxygen atoms in total. The molecule has 0 spiro atoms. The molecule has 0 amide bonds. The number of benzene rings is 1. The number of rotatable bonds is 6. The number of ether oxygens (including phenoxy) is 1. The van der Waals surface area contributed by atoms with Crippen molar-refractivity contribution in [3.8, 4) is 5.75 Å². The second kappa shape index (κ2) is 7.04. The van der Waals surface area contributed by atoms with Crippen molar-refractivity contribution in [1.29, 1.82) is 0 Å². The first-order valence-corrected chi connectivity index (χ1v) is 6.89. The molecule has 0 fully saturated rings. The number of hydrogen-bond donors (Lipinski definition) is 1. The molecule has 1 N–H and O–H groups in total. The van der Waals surface area contributed by atoms with E-state index >= 15 is 0 Å². The average molecular weight is 320 g/mol. The smallest absolute Gasteiger partial charge is 0.354 e. The van der Waals surface area contributed by atoms with Crippen LogP contribution >= 0.6 is 11.6 Å². The zero-order valence-electron chi connectivity index (χ0n) is 11.9. The summed E-state index contributed by atoms with van der Waals surface area (Å²) in [6.45, 7) is 0. The monoisotopic (exact) mass is 319 g/mol. The molecule has 0 saturated heterocycles. The molecule has 2 rings (SSSR count). The number of Topliss-reactive ketones (excluding diaryl/α,β-unsaturated/α-hetero) is 1. The highest BCUT2D eigenvalue weighted by atomic mass is 35.5. The molecular weight excluding hydrogens is 306 g/mol. The SMILES string of the molecule is COc1cc(CC(=O)Cc2ccnc(C(=O)O)c2)ccc1Cl. The van der Waals surface area contributed by atoms with Crippen LogP contribution in [0.4, 0.5) is 0 Å². The quantitative estimate of drug-likeness (QED) is 0.886. The Labute approximate surface area is 132 Å². The van der Waals surface area contributed by atoms with Gasteiger partial charge in [-0.3, -0.25) is 4.79 Å². The summed E-state index contributed by atoms with van der Waals surface area (Å²) in [7, 11) is 1.51. The number of pyridine rings is 1. The molecule has 1 heterocycles. The summed E-state index contributed by atoms with van der Waals surface area (Å²) < 4.78 is 5.11. The van der Waals surface area contributed by atoms with Gasteiger partial charge in [0.2, 0.25) is 0 Å². The number of ketones is 1. The fraction of sp³-hybridized carbons (Fsp3) is 0.188. The van der Waals surface area contributed by atoms with E-state index in [9.17, 15) is 9.59 Å². The molecule has 22 heavy (non-hydrogen) atoms. The molecule has 1 aromatic heterocycles. The van der Waals surface area contributed by atoms with E-state index in [0.717, 1.165) is 5.56 Å². The van der Waals surface area contributed by atoms with Crippen molar-refractivity contribution in [3.63, 3.8) is 0 Å². The number of halogens is 1. The summed E-state index contributed by atoms with van der Waals surface area (Å²) in [5.41, 5.74) is 1.34. The lowest BCUT2D eigenvalue weighted by Gasteiger charge is -2.06. The van der Waals surface area contributed by atoms with Gasteiger partial charge in [0.15, 0.2) is 0 Å². The Balaban J connectivity index is 2.07. The maximum atomic E-state index is 12.1. The van der Waals surface area contributed by atoms with Gasteiger partial charge in [-0.1, -0.05) is 17.7 Å². The standard InChI is InChI=1S/C16H14ClNO4/c1-22-15-9-10(2-3-13(15)17)6-12(19)7-11-4-5-18-14(8-11)16(20)21/h2-5,8-9H,6-7H2,1H3,(H,20,21). The van der Waals surface area contributed by atoms with Crippen molar-refractivity contribution >= 4 is 23.4 Å². The molecule has 1 aromatic carbocycles. The molecule has 0 aliphatic heterocycles. The van der Waals surface area contributed by atoms with Crippen LogP contribution in [0.5, 0.6) is 5.75 Å². The van der Waals surface area contributed by atoms with Crippen LogP contribution in [0.2, 0.25) is 5.02 Å². The molecule has 0 atom stereocenters. The van der Waals surface area contributed by atoms with Crippen LogP contribution in [0, 0.1) is 0 Å². The van der Waals surface area contributed by atoms with Gasteiger partial charge in [0.05, 0.1) is 12.1 Å². The summed E-state index contributed by atoms with van der Waals surface area (Å²) in [5.74, 6) is -0.632. The van der Waals surface area contributed by atoms with Crippen LogP contribution in [0.15, 0.2) is 36.5 Å². The third kappa shape index (κ3) is 4.05. The fourth-order valence-corrected chi connectivity index (χ4v) is 2.23. The summed E-state index contributed by atoms with van der Waals surface area (Å²) in [6.07, 6.45) is 1.75. The Morgan fingerprint density at radius 3 is 2.50 bits per heavy atom. The molecule has 0 saturated carbocycles. The normalized spacial score (nSPS) is 10.3. The van der Waals surface area contributed by atoms with Crippen molar-refractivity contribution in [1.82, 2.24) is 4.98 Å². The van der Waals surface area contributed by atoms with Gasteiger partial charge in [-0.2, -0.15) is 0 Å². The molecule has 0 aliphatic carbocycles. The Morgan fingerprint density at radius 1 is 1.18 bits per heavy atom. The van der Waals surface area contributed by atoms with Gasteiger partial charge in [0.25, 0.3) is 0 Å². The number of carbonyl (C=O) groups excluding carboxylic acids is 1. The number of hydrogen-bond acceptors (Lipinski definition) is 4. The topological polar surface area (TPSA) is 76.5 Å². The summed E-state index contributed by atoms with van der Waals surface area (Å²) in [5, 5.41) is 9.37. The number of carbonyl (C=O) groups is 2. The molecule has 2 aromatic rings. The van der Waals surface area contributed by atoms with Gasteiger partial charge in [-0.15, -0.1) is 0 Å². The minimum absolute atomic E-state index is 0.0353. The third-order valence-electron chi connectivity index (χ3n) is 3.06. The highest BCUT2D eigenvalue weighted by Gasteiger charge is 2.10. The van der Waals surface area contributed by atoms with Crippen LogP contribution in [0.3, 0.4) is 0 Å². The first-order valence-electron chi connectivity index (χ1n) is 6.52. The highest BCUT2D eigenvalue weighted by molar-refractivity contribution is 6.32. The van der Waals surface area contributed by atoms with Crippen molar-refractivity contribution in [2.75, 3.05) is 7.11 Å². The molecule has 114 valence electrons. The number of methoxy groups -OCH3 is 1. The molecule has 6 heteroatoms. The third-order valence-corrected chi connectivity index (χ3v) is 3.37. The van der Waals surface area contributed by atoms with E-state index in [4.69, 9.17) is 21.4 Å². The minimum Gasteiger partial charge on any atom is -0.495 e. The Morgan fingerprint density at radius 2 is 1.86 bits per heavy atom. The zero-order chi connectivity index (χ0) is 16.1.